The monoisotopic (exact) mass is 317 g/mol. The van der Waals surface area contributed by atoms with Crippen LogP contribution in [0.3, 0.4) is 0 Å². The van der Waals surface area contributed by atoms with Gasteiger partial charge in [-0.05, 0) is 52.5 Å². The number of likely N-dealkylation sites (tertiary alicyclic amines) is 1. The highest BCUT2D eigenvalue weighted by molar-refractivity contribution is 5.97. The fourth-order valence-electron chi connectivity index (χ4n) is 2.98. The van der Waals surface area contributed by atoms with Crippen molar-refractivity contribution in [3.8, 4) is 0 Å². The summed E-state index contributed by atoms with van der Waals surface area (Å²) in [5, 5.41) is 0. The van der Waals surface area contributed by atoms with Gasteiger partial charge in [0.15, 0.2) is 5.78 Å². The third-order valence-electron chi connectivity index (χ3n) is 4.12. The standard InChI is InChI=1S/C19H27NO3/c1-14-9-5-6-11-16(14)17(21)13-15-10-7-8-12-20(15)18(22)23-19(2,3)4/h5-6,9,11,15H,7-8,10,12-13H2,1-4H3. The van der Waals surface area contributed by atoms with Gasteiger partial charge in [-0.15, -0.1) is 0 Å². The van der Waals surface area contributed by atoms with E-state index in [0.29, 0.717) is 13.0 Å². The summed E-state index contributed by atoms with van der Waals surface area (Å²) >= 11 is 0. The van der Waals surface area contributed by atoms with Gasteiger partial charge in [0.25, 0.3) is 0 Å². The number of aryl methyl sites for hydroxylation is 1. The van der Waals surface area contributed by atoms with Crippen LogP contribution < -0.4 is 0 Å². The number of hydrogen-bond donors (Lipinski definition) is 0. The van der Waals surface area contributed by atoms with E-state index in [1.165, 1.54) is 0 Å². The molecule has 23 heavy (non-hydrogen) atoms. The van der Waals surface area contributed by atoms with Crippen LogP contribution >= 0.6 is 0 Å². The lowest BCUT2D eigenvalue weighted by Crippen LogP contribution is -2.47. The van der Waals surface area contributed by atoms with Crippen molar-refractivity contribution in [1.82, 2.24) is 4.90 Å². The summed E-state index contributed by atoms with van der Waals surface area (Å²) in [6, 6.07) is 7.55. The van der Waals surface area contributed by atoms with Gasteiger partial charge < -0.3 is 9.64 Å². The number of hydrogen-bond acceptors (Lipinski definition) is 3. The first kappa shape index (κ1) is 17.5. The number of piperidine rings is 1. The largest absolute Gasteiger partial charge is 0.444 e. The van der Waals surface area contributed by atoms with Crippen LogP contribution in [0.1, 0.15) is 62.4 Å². The Morgan fingerprint density at radius 1 is 1.22 bits per heavy atom. The zero-order valence-electron chi connectivity index (χ0n) is 14.6. The predicted octanol–water partition coefficient (Wildman–Crippen LogP) is 4.36. The lowest BCUT2D eigenvalue weighted by atomic mass is 9.94. The summed E-state index contributed by atoms with van der Waals surface area (Å²) < 4.78 is 5.49. The van der Waals surface area contributed by atoms with Crippen molar-refractivity contribution < 1.29 is 14.3 Å². The fourth-order valence-corrected chi connectivity index (χ4v) is 2.98. The van der Waals surface area contributed by atoms with Crippen molar-refractivity contribution in [2.24, 2.45) is 0 Å². The molecule has 4 nitrogen and oxygen atoms in total. The molecule has 0 N–H and O–H groups in total. The van der Waals surface area contributed by atoms with Crippen molar-refractivity contribution in [1.29, 1.82) is 0 Å². The van der Waals surface area contributed by atoms with E-state index in [2.05, 4.69) is 0 Å². The topological polar surface area (TPSA) is 46.6 Å². The van der Waals surface area contributed by atoms with Gasteiger partial charge in [-0.3, -0.25) is 4.79 Å². The van der Waals surface area contributed by atoms with E-state index in [9.17, 15) is 9.59 Å². The van der Waals surface area contributed by atoms with Crippen LogP contribution in [0.15, 0.2) is 24.3 Å². The quantitative estimate of drug-likeness (QED) is 0.778. The van der Waals surface area contributed by atoms with Gasteiger partial charge in [0, 0.05) is 24.6 Å². The molecule has 1 aliphatic rings. The fraction of sp³-hybridized carbons (Fsp3) is 0.579. The van der Waals surface area contributed by atoms with Gasteiger partial charge >= 0.3 is 6.09 Å². The number of rotatable bonds is 3. The summed E-state index contributed by atoms with van der Waals surface area (Å²) in [4.78, 5) is 26.8. The summed E-state index contributed by atoms with van der Waals surface area (Å²) in [6.07, 6.45) is 2.93. The Hall–Kier alpha value is -1.84. The van der Waals surface area contributed by atoms with E-state index in [4.69, 9.17) is 4.74 Å². The van der Waals surface area contributed by atoms with E-state index >= 15 is 0 Å². The number of carbonyl (C=O) groups excluding carboxylic acids is 2. The number of amides is 1. The molecular formula is C19H27NO3. The second kappa shape index (κ2) is 7.16. The van der Waals surface area contributed by atoms with E-state index in [1.54, 1.807) is 4.90 Å². The SMILES string of the molecule is Cc1ccccc1C(=O)CC1CCCCN1C(=O)OC(C)(C)C. The Balaban J connectivity index is 2.08. The number of ketones is 1. The Labute approximate surface area is 138 Å². The molecule has 4 heteroatoms. The molecule has 0 aliphatic carbocycles. The first-order chi connectivity index (χ1) is 10.8. The van der Waals surface area contributed by atoms with Crippen LogP contribution in [0.5, 0.6) is 0 Å². The second-order valence-corrected chi connectivity index (χ2v) is 7.27. The first-order valence-electron chi connectivity index (χ1n) is 8.36. The lowest BCUT2D eigenvalue weighted by Gasteiger charge is -2.36. The average molecular weight is 317 g/mol. The molecule has 0 bridgehead atoms. The third kappa shape index (κ3) is 4.81. The van der Waals surface area contributed by atoms with Crippen molar-refractivity contribution in [2.75, 3.05) is 6.54 Å². The van der Waals surface area contributed by atoms with Gasteiger partial charge in [-0.25, -0.2) is 4.79 Å². The molecule has 1 heterocycles. The van der Waals surface area contributed by atoms with Crippen LogP contribution in [0, 0.1) is 6.92 Å². The summed E-state index contributed by atoms with van der Waals surface area (Å²) in [7, 11) is 0. The molecule has 1 amide bonds. The summed E-state index contributed by atoms with van der Waals surface area (Å²) in [5.41, 5.74) is 1.22. The number of benzene rings is 1. The second-order valence-electron chi connectivity index (χ2n) is 7.27. The van der Waals surface area contributed by atoms with Gasteiger partial charge in [0.05, 0.1) is 0 Å². The molecule has 1 aromatic rings. The van der Waals surface area contributed by atoms with Crippen LogP contribution in [0.25, 0.3) is 0 Å². The summed E-state index contributed by atoms with van der Waals surface area (Å²) in [5.74, 6) is 0.101. The molecule has 2 rings (SSSR count). The molecule has 1 fully saturated rings. The van der Waals surface area contributed by atoms with E-state index in [-0.39, 0.29) is 17.9 Å². The van der Waals surface area contributed by atoms with Crippen LogP contribution in [-0.4, -0.2) is 35.0 Å². The lowest BCUT2D eigenvalue weighted by molar-refractivity contribution is 0.00946. The molecule has 126 valence electrons. The molecule has 1 unspecified atom stereocenters. The molecule has 1 saturated heterocycles. The minimum atomic E-state index is -0.515. The summed E-state index contributed by atoms with van der Waals surface area (Å²) in [6.45, 7) is 8.20. The first-order valence-corrected chi connectivity index (χ1v) is 8.36. The van der Waals surface area contributed by atoms with Gasteiger partial charge in [0.1, 0.15) is 5.60 Å². The van der Waals surface area contributed by atoms with Crippen molar-refractivity contribution in [2.45, 2.75) is 65.0 Å². The van der Waals surface area contributed by atoms with Crippen LogP contribution in [0.4, 0.5) is 4.79 Å². The minimum absolute atomic E-state index is 0.0642. The van der Waals surface area contributed by atoms with E-state index < -0.39 is 5.60 Å². The molecule has 0 spiro atoms. The van der Waals surface area contributed by atoms with Crippen molar-refractivity contribution in [3.05, 3.63) is 35.4 Å². The highest BCUT2D eigenvalue weighted by Gasteiger charge is 2.32. The number of nitrogens with zero attached hydrogens (tertiary/aromatic N) is 1. The normalized spacial score (nSPS) is 18.6. The Morgan fingerprint density at radius 2 is 1.91 bits per heavy atom. The highest BCUT2D eigenvalue weighted by Crippen LogP contribution is 2.24. The Bertz CT molecular complexity index is 574. The van der Waals surface area contributed by atoms with Crippen LogP contribution in [0.2, 0.25) is 0 Å². The maximum absolute atomic E-state index is 12.6. The zero-order valence-corrected chi connectivity index (χ0v) is 14.6. The average Bonchev–Trinajstić information content (AvgIpc) is 2.46. The van der Waals surface area contributed by atoms with Gasteiger partial charge in [0.2, 0.25) is 0 Å². The Morgan fingerprint density at radius 3 is 2.57 bits per heavy atom. The minimum Gasteiger partial charge on any atom is -0.444 e. The molecular weight excluding hydrogens is 290 g/mol. The van der Waals surface area contributed by atoms with E-state index in [0.717, 1.165) is 30.4 Å². The highest BCUT2D eigenvalue weighted by atomic mass is 16.6. The van der Waals surface area contributed by atoms with Gasteiger partial charge in [-0.2, -0.15) is 0 Å². The molecule has 1 aliphatic heterocycles. The third-order valence-corrected chi connectivity index (χ3v) is 4.12. The van der Waals surface area contributed by atoms with Gasteiger partial charge in [-0.1, -0.05) is 24.3 Å². The number of carbonyl (C=O) groups is 2. The van der Waals surface area contributed by atoms with E-state index in [1.807, 2.05) is 52.0 Å². The number of ether oxygens (including phenoxy) is 1. The predicted molar refractivity (Wildman–Crippen MR) is 90.7 cm³/mol. The molecule has 0 saturated carbocycles. The maximum atomic E-state index is 12.6. The Kier molecular flexibility index (Phi) is 5.45. The molecule has 0 aromatic heterocycles. The zero-order chi connectivity index (χ0) is 17.0. The van der Waals surface area contributed by atoms with Crippen molar-refractivity contribution >= 4 is 11.9 Å². The number of Topliss-reactive ketones (excluding diaryl/α,β-unsaturated/α-hetero) is 1. The molecule has 0 radical (unpaired) electrons. The van der Waals surface area contributed by atoms with Crippen LogP contribution in [-0.2, 0) is 4.74 Å². The molecule has 1 atom stereocenters. The molecule has 1 aromatic carbocycles. The maximum Gasteiger partial charge on any atom is 0.410 e. The van der Waals surface area contributed by atoms with Crippen molar-refractivity contribution in [3.63, 3.8) is 0 Å². The smallest absolute Gasteiger partial charge is 0.410 e.